The van der Waals surface area contributed by atoms with Crippen LogP contribution >= 0.6 is 27.3 Å². The highest BCUT2D eigenvalue weighted by Crippen LogP contribution is 2.24. The summed E-state index contributed by atoms with van der Waals surface area (Å²) in [7, 11) is 2.01. The van der Waals surface area contributed by atoms with E-state index in [9.17, 15) is 9.59 Å². The average molecular weight is 421 g/mol. The predicted molar refractivity (Wildman–Crippen MR) is 104 cm³/mol. The van der Waals surface area contributed by atoms with Gasteiger partial charge in [0.2, 0.25) is 5.91 Å². The highest BCUT2D eigenvalue weighted by Gasteiger charge is 2.10. The van der Waals surface area contributed by atoms with Crippen molar-refractivity contribution >= 4 is 49.8 Å². The summed E-state index contributed by atoms with van der Waals surface area (Å²) in [5, 5.41) is 5.67. The standard InChI is InChI=1S/C18H17BrN2O3S/c1-11(22)20-14-3-4-15-13(6-18(23)24-16(15)7-14)9-21(2)8-12-5-17(19)25-10-12/h3-7,10H,8-9H2,1-2H3,(H,20,22). The fourth-order valence-corrected chi connectivity index (χ4v) is 3.93. The van der Waals surface area contributed by atoms with Crippen LogP contribution in [0.2, 0.25) is 0 Å². The lowest BCUT2D eigenvalue weighted by Gasteiger charge is -2.17. The minimum Gasteiger partial charge on any atom is -0.423 e. The van der Waals surface area contributed by atoms with Gasteiger partial charge < -0.3 is 9.73 Å². The number of hydrogen-bond donors (Lipinski definition) is 1. The summed E-state index contributed by atoms with van der Waals surface area (Å²) in [5.41, 5.74) is 2.81. The number of amides is 1. The summed E-state index contributed by atoms with van der Waals surface area (Å²) in [6.07, 6.45) is 0. The van der Waals surface area contributed by atoms with Crippen LogP contribution in [0.1, 0.15) is 18.1 Å². The number of nitrogens with one attached hydrogen (secondary N) is 1. The van der Waals surface area contributed by atoms with E-state index in [1.807, 2.05) is 19.2 Å². The molecule has 7 heteroatoms. The van der Waals surface area contributed by atoms with Gasteiger partial charge in [0.1, 0.15) is 5.58 Å². The zero-order valence-corrected chi connectivity index (χ0v) is 16.2. The first-order valence-corrected chi connectivity index (χ1v) is 9.34. The molecule has 0 saturated heterocycles. The SMILES string of the molecule is CC(=O)Nc1ccc2c(CN(C)Cc3csc(Br)c3)cc(=O)oc2c1. The zero-order chi connectivity index (χ0) is 18.0. The van der Waals surface area contributed by atoms with Gasteiger partial charge in [-0.3, -0.25) is 9.69 Å². The average Bonchev–Trinajstić information content (AvgIpc) is 2.90. The van der Waals surface area contributed by atoms with E-state index < -0.39 is 5.63 Å². The lowest BCUT2D eigenvalue weighted by molar-refractivity contribution is -0.114. The maximum absolute atomic E-state index is 11.9. The lowest BCUT2D eigenvalue weighted by Crippen LogP contribution is -2.18. The van der Waals surface area contributed by atoms with Crippen LogP contribution in [0.15, 0.2) is 48.7 Å². The quantitative estimate of drug-likeness (QED) is 0.627. The molecule has 0 radical (unpaired) electrons. The first-order chi connectivity index (χ1) is 11.9. The molecule has 0 aliphatic heterocycles. The Balaban J connectivity index is 1.87. The molecule has 1 N–H and O–H groups in total. The molecule has 1 amide bonds. The molecule has 25 heavy (non-hydrogen) atoms. The molecule has 0 saturated carbocycles. The fraction of sp³-hybridized carbons (Fsp3) is 0.222. The third-order valence-electron chi connectivity index (χ3n) is 3.67. The van der Waals surface area contributed by atoms with Gasteiger partial charge in [-0.05, 0) is 57.7 Å². The smallest absolute Gasteiger partial charge is 0.336 e. The number of halogens is 1. The van der Waals surface area contributed by atoms with Gasteiger partial charge >= 0.3 is 5.63 Å². The molecule has 5 nitrogen and oxygen atoms in total. The topological polar surface area (TPSA) is 62.6 Å². The number of benzene rings is 1. The molecule has 0 spiro atoms. The van der Waals surface area contributed by atoms with Crippen molar-refractivity contribution in [1.82, 2.24) is 4.90 Å². The van der Waals surface area contributed by atoms with Crippen LogP contribution in [0.25, 0.3) is 11.0 Å². The van der Waals surface area contributed by atoms with Gasteiger partial charge in [0.05, 0.1) is 3.79 Å². The van der Waals surface area contributed by atoms with Crippen molar-refractivity contribution in [2.75, 3.05) is 12.4 Å². The van der Waals surface area contributed by atoms with Gasteiger partial charge in [-0.15, -0.1) is 11.3 Å². The molecule has 0 atom stereocenters. The van der Waals surface area contributed by atoms with E-state index >= 15 is 0 Å². The number of rotatable bonds is 5. The first-order valence-electron chi connectivity index (χ1n) is 7.66. The first kappa shape index (κ1) is 17.8. The van der Waals surface area contributed by atoms with Crippen molar-refractivity contribution in [2.45, 2.75) is 20.0 Å². The molecule has 0 aliphatic carbocycles. The van der Waals surface area contributed by atoms with Gasteiger partial charge in [-0.25, -0.2) is 4.79 Å². The highest BCUT2D eigenvalue weighted by molar-refractivity contribution is 9.11. The van der Waals surface area contributed by atoms with Crippen LogP contribution in [0, 0.1) is 0 Å². The Hall–Kier alpha value is -1.96. The second-order valence-corrected chi connectivity index (χ2v) is 8.20. The second kappa shape index (κ2) is 7.51. The van der Waals surface area contributed by atoms with Gasteiger partial charge in [-0.2, -0.15) is 0 Å². The van der Waals surface area contributed by atoms with E-state index in [0.717, 1.165) is 21.3 Å². The Morgan fingerprint density at radius 3 is 2.76 bits per heavy atom. The van der Waals surface area contributed by atoms with Crippen molar-refractivity contribution in [1.29, 1.82) is 0 Å². The molecule has 0 bridgehead atoms. The van der Waals surface area contributed by atoms with Crippen molar-refractivity contribution in [3.05, 3.63) is 61.0 Å². The number of carbonyl (C=O) groups excluding carboxylic acids is 1. The van der Waals surface area contributed by atoms with Crippen LogP contribution in [0.4, 0.5) is 5.69 Å². The van der Waals surface area contributed by atoms with E-state index in [4.69, 9.17) is 4.42 Å². The van der Waals surface area contributed by atoms with Crippen molar-refractivity contribution in [3.63, 3.8) is 0 Å². The molecule has 130 valence electrons. The summed E-state index contributed by atoms with van der Waals surface area (Å²) in [5.74, 6) is -0.167. The third-order valence-corrected chi connectivity index (χ3v) is 5.22. The van der Waals surface area contributed by atoms with Crippen LogP contribution in [-0.4, -0.2) is 17.9 Å². The highest BCUT2D eigenvalue weighted by atomic mass is 79.9. The fourth-order valence-electron chi connectivity index (χ4n) is 2.73. The van der Waals surface area contributed by atoms with Crippen LogP contribution < -0.4 is 10.9 Å². The largest absolute Gasteiger partial charge is 0.423 e. The minimum absolute atomic E-state index is 0.167. The molecule has 2 aromatic heterocycles. The number of fused-ring (bicyclic) bond motifs is 1. The number of hydrogen-bond acceptors (Lipinski definition) is 5. The number of nitrogens with zero attached hydrogens (tertiary/aromatic N) is 1. The van der Waals surface area contributed by atoms with E-state index in [1.165, 1.54) is 18.6 Å². The van der Waals surface area contributed by atoms with Crippen molar-refractivity contribution in [2.24, 2.45) is 0 Å². The van der Waals surface area contributed by atoms with Crippen LogP contribution in [0.5, 0.6) is 0 Å². The number of thiophene rings is 1. The monoisotopic (exact) mass is 420 g/mol. The van der Waals surface area contributed by atoms with E-state index in [-0.39, 0.29) is 5.91 Å². The van der Waals surface area contributed by atoms with E-state index in [1.54, 1.807) is 17.4 Å². The third kappa shape index (κ3) is 4.56. The minimum atomic E-state index is -0.394. The lowest BCUT2D eigenvalue weighted by atomic mass is 10.1. The normalized spacial score (nSPS) is 11.2. The van der Waals surface area contributed by atoms with Gasteiger partial charge in [0, 0.05) is 43.2 Å². The summed E-state index contributed by atoms with van der Waals surface area (Å²) in [6.45, 7) is 2.84. The van der Waals surface area contributed by atoms with Gasteiger partial charge in [0.25, 0.3) is 0 Å². The molecular formula is C18H17BrN2O3S. The number of anilines is 1. The second-order valence-electron chi connectivity index (χ2n) is 5.91. The number of carbonyl (C=O) groups is 1. The Morgan fingerprint density at radius 1 is 1.28 bits per heavy atom. The van der Waals surface area contributed by atoms with Crippen molar-refractivity contribution in [3.8, 4) is 0 Å². The van der Waals surface area contributed by atoms with Crippen LogP contribution in [-0.2, 0) is 17.9 Å². The Kier molecular flexibility index (Phi) is 5.36. The molecular weight excluding hydrogens is 404 g/mol. The molecule has 3 aromatic rings. The van der Waals surface area contributed by atoms with Crippen molar-refractivity contribution < 1.29 is 9.21 Å². The molecule has 3 rings (SSSR count). The molecule has 0 unspecified atom stereocenters. The Labute approximate surface area is 157 Å². The maximum atomic E-state index is 11.9. The summed E-state index contributed by atoms with van der Waals surface area (Å²) < 4.78 is 6.40. The van der Waals surface area contributed by atoms with E-state index in [0.29, 0.717) is 17.8 Å². The Morgan fingerprint density at radius 2 is 2.08 bits per heavy atom. The zero-order valence-electron chi connectivity index (χ0n) is 13.8. The van der Waals surface area contributed by atoms with Gasteiger partial charge in [-0.1, -0.05) is 0 Å². The molecule has 0 aliphatic rings. The Bertz CT molecular complexity index is 980. The maximum Gasteiger partial charge on any atom is 0.336 e. The molecule has 2 heterocycles. The molecule has 1 aromatic carbocycles. The summed E-state index contributed by atoms with van der Waals surface area (Å²) in [6, 6.07) is 8.98. The van der Waals surface area contributed by atoms with Crippen LogP contribution in [0.3, 0.4) is 0 Å². The summed E-state index contributed by atoms with van der Waals surface area (Å²) >= 11 is 5.13. The van der Waals surface area contributed by atoms with E-state index in [2.05, 4.69) is 37.6 Å². The summed E-state index contributed by atoms with van der Waals surface area (Å²) in [4.78, 5) is 25.2. The predicted octanol–water partition coefficient (Wildman–Crippen LogP) is 4.21. The van der Waals surface area contributed by atoms with Gasteiger partial charge in [0.15, 0.2) is 0 Å². The molecule has 0 fully saturated rings.